The highest BCUT2D eigenvalue weighted by atomic mass is 35.5. The van der Waals surface area contributed by atoms with Crippen LogP contribution in [0.1, 0.15) is 10.4 Å². The van der Waals surface area contributed by atoms with Gasteiger partial charge in [0.1, 0.15) is 5.75 Å². The van der Waals surface area contributed by atoms with E-state index in [-0.39, 0.29) is 16.4 Å². The molecule has 0 spiro atoms. The Labute approximate surface area is 153 Å². The maximum atomic E-state index is 12.2. The zero-order valence-electron chi connectivity index (χ0n) is 12.9. The average molecular weight is 381 g/mol. The molecule has 0 aliphatic heterocycles. The van der Waals surface area contributed by atoms with Crippen molar-refractivity contribution in [3.8, 4) is 5.75 Å². The first-order chi connectivity index (χ1) is 11.9. The lowest BCUT2D eigenvalue weighted by atomic mass is 10.2. The minimum Gasteiger partial charge on any atom is -0.496 e. The number of hydrogen-bond acceptors (Lipinski definition) is 6. The number of nitrogens with zero attached hydrogens (tertiary/aromatic N) is 1. The van der Waals surface area contributed by atoms with E-state index in [1.807, 2.05) is 0 Å². The number of hydrazine groups is 1. The largest absolute Gasteiger partial charge is 0.496 e. The standard InChI is InChI=1S/C15H13ClN4O4S/c1-24-13-7-2-9(16)8-12(13)14(21)17-15(25)19-18-10-3-5-11(6-4-10)20(22)23/h2-8,18H,1H3,(H2,17,19,21,25). The van der Waals surface area contributed by atoms with Crippen molar-refractivity contribution in [2.24, 2.45) is 0 Å². The van der Waals surface area contributed by atoms with Crippen LogP contribution in [0.25, 0.3) is 0 Å². The fourth-order valence-corrected chi connectivity index (χ4v) is 2.17. The summed E-state index contributed by atoms with van der Waals surface area (Å²) in [5.74, 6) is -0.143. The summed E-state index contributed by atoms with van der Waals surface area (Å²) in [6, 6.07) is 10.3. The van der Waals surface area contributed by atoms with Crippen LogP contribution in [0.4, 0.5) is 11.4 Å². The number of nitro groups is 1. The summed E-state index contributed by atoms with van der Waals surface area (Å²) in [7, 11) is 1.44. The predicted octanol–water partition coefficient (Wildman–Crippen LogP) is 2.89. The predicted molar refractivity (Wildman–Crippen MR) is 97.9 cm³/mol. The molecule has 0 aliphatic carbocycles. The molecule has 8 nitrogen and oxygen atoms in total. The van der Waals surface area contributed by atoms with Gasteiger partial charge in [-0.2, -0.15) is 0 Å². The second-order valence-corrected chi connectivity index (χ2v) is 5.53. The second kappa shape index (κ2) is 8.27. The Morgan fingerprint density at radius 2 is 1.92 bits per heavy atom. The summed E-state index contributed by atoms with van der Waals surface area (Å²) in [5.41, 5.74) is 6.06. The first-order valence-corrected chi connectivity index (χ1v) is 7.64. The van der Waals surface area contributed by atoms with Gasteiger partial charge in [-0.05, 0) is 42.5 Å². The van der Waals surface area contributed by atoms with Gasteiger partial charge in [0, 0.05) is 17.2 Å². The average Bonchev–Trinajstić information content (AvgIpc) is 2.60. The number of nitro benzene ring substituents is 1. The zero-order valence-corrected chi connectivity index (χ0v) is 14.5. The highest BCUT2D eigenvalue weighted by molar-refractivity contribution is 7.80. The highest BCUT2D eigenvalue weighted by Crippen LogP contribution is 2.22. The monoisotopic (exact) mass is 380 g/mol. The number of ether oxygens (including phenoxy) is 1. The van der Waals surface area contributed by atoms with Crippen LogP contribution in [-0.2, 0) is 0 Å². The fraction of sp³-hybridized carbons (Fsp3) is 0.0667. The van der Waals surface area contributed by atoms with Crippen molar-refractivity contribution in [2.45, 2.75) is 0 Å². The third kappa shape index (κ3) is 5.03. The summed E-state index contributed by atoms with van der Waals surface area (Å²) in [6.45, 7) is 0. The maximum absolute atomic E-state index is 12.2. The van der Waals surface area contributed by atoms with Gasteiger partial charge in [0.25, 0.3) is 11.6 Å². The lowest BCUT2D eigenvalue weighted by Gasteiger charge is -2.13. The van der Waals surface area contributed by atoms with E-state index in [1.54, 1.807) is 12.1 Å². The number of rotatable bonds is 5. The number of amides is 1. The molecule has 25 heavy (non-hydrogen) atoms. The van der Waals surface area contributed by atoms with E-state index in [1.165, 1.54) is 37.4 Å². The van der Waals surface area contributed by atoms with Gasteiger partial charge in [-0.1, -0.05) is 11.6 Å². The molecule has 0 bridgehead atoms. The summed E-state index contributed by atoms with van der Waals surface area (Å²) in [5, 5.41) is 13.5. The number of nitrogens with one attached hydrogen (secondary N) is 3. The molecule has 0 heterocycles. The SMILES string of the molecule is COc1ccc(Cl)cc1C(=O)NC(=S)NNc1ccc([N+](=O)[O-])cc1. The number of non-ortho nitro benzene ring substituents is 1. The van der Waals surface area contributed by atoms with Crippen LogP contribution in [0.2, 0.25) is 5.02 Å². The Morgan fingerprint density at radius 3 is 2.52 bits per heavy atom. The minimum absolute atomic E-state index is 0.00498. The molecular weight excluding hydrogens is 368 g/mol. The number of hydrogen-bond donors (Lipinski definition) is 3. The van der Waals surface area contributed by atoms with Crippen molar-refractivity contribution in [1.82, 2.24) is 10.7 Å². The van der Waals surface area contributed by atoms with E-state index in [9.17, 15) is 14.9 Å². The minimum atomic E-state index is -0.500. The van der Waals surface area contributed by atoms with Gasteiger partial charge >= 0.3 is 0 Å². The Morgan fingerprint density at radius 1 is 1.24 bits per heavy atom. The molecule has 0 radical (unpaired) electrons. The second-order valence-electron chi connectivity index (χ2n) is 4.68. The van der Waals surface area contributed by atoms with Crippen molar-refractivity contribution in [1.29, 1.82) is 0 Å². The molecular formula is C15H13ClN4O4S. The van der Waals surface area contributed by atoms with Gasteiger partial charge in [0.2, 0.25) is 0 Å². The van der Waals surface area contributed by atoms with Gasteiger partial charge < -0.3 is 4.74 Å². The van der Waals surface area contributed by atoms with E-state index in [4.69, 9.17) is 28.6 Å². The molecule has 0 saturated heterocycles. The van der Waals surface area contributed by atoms with Crippen LogP contribution in [0, 0.1) is 10.1 Å². The molecule has 0 unspecified atom stereocenters. The molecule has 10 heteroatoms. The highest BCUT2D eigenvalue weighted by Gasteiger charge is 2.14. The van der Waals surface area contributed by atoms with Crippen LogP contribution < -0.4 is 20.9 Å². The molecule has 1 amide bonds. The number of methoxy groups -OCH3 is 1. The molecule has 2 aromatic rings. The molecule has 3 N–H and O–H groups in total. The Balaban J connectivity index is 1.95. The zero-order chi connectivity index (χ0) is 18.4. The molecule has 2 aromatic carbocycles. The molecule has 0 aromatic heterocycles. The third-order valence-corrected chi connectivity index (χ3v) is 3.47. The molecule has 130 valence electrons. The van der Waals surface area contributed by atoms with Crippen molar-refractivity contribution in [3.63, 3.8) is 0 Å². The normalized spacial score (nSPS) is 9.84. The van der Waals surface area contributed by atoms with Crippen molar-refractivity contribution >= 4 is 46.2 Å². The van der Waals surface area contributed by atoms with Crippen molar-refractivity contribution < 1.29 is 14.5 Å². The van der Waals surface area contributed by atoms with Gasteiger partial charge in [-0.25, -0.2) is 0 Å². The van der Waals surface area contributed by atoms with Gasteiger partial charge in [-0.3, -0.25) is 31.1 Å². The fourth-order valence-electron chi connectivity index (χ4n) is 1.85. The number of carbonyl (C=O) groups excluding carboxylic acids is 1. The number of thiocarbonyl (C=S) groups is 1. The Bertz CT molecular complexity index is 814. The maximum Gasteiger partial charge on any atom is 0.269 e. The summed E-state index contributed by atoms with van der Waals surface area (Å²) < 4.78 is 5.11. The van der Waals surface area contributed by atoms with Gasteiger partial charge in [0.05, 0.1) is 23.3 Å². The van der Waals surface area contributed by atoms with Crippen molar-refractivity contribution in [3.05, 3.63) is 63.2 Å². The summed E-state index contributed by atoms with van der Waals surface area (Å²) in [6.07, 6.45) is 0. The van der Waals surface area contributed by atoms with E-state index in [0.717, 1.165) is 0 Å². The van der Waals surface area contributed by atoms with Crippen LogP contribution in [-0.4, -0.2) is 23.1 Å². The van der Waals surface area contributed by atoms with Gasteiger partial charge in [-0.15, -0.1) is 0 Å². The molecule has 0 fully saturated rings. The summed E-state index contributed by atoms with van der Waals surface area (Å²) in [4.78, 5) is 22.3. The van der Waals surface area contributed by atoms with Crippen LogP contribution >= 0.6 is 23.8 Å². The summed E-state index contributed by atoms with van der Waals surface area (Å²) >= 11 is 10.9. The van der Waals surface area contributed by atoms with Gasteiger partial charge in [0.15, 0.2) is 5.11 Å². The number of halogens is 1. The molecule has 2 rings (SSSR count). The molecule has 0 saturated carbocycles. The van der Waals surface area contributed by atoms with E-state index in [0.29, 0.717) is 16.5 Å². The van der Waals surface area contributed by atoms with E-state index >= 15 is 0 Å². The van der Waals surface area contributed by atoms with Crippen LogP contribution in [0.15, 0.2) is 42.5 Å². The van der Waals surface area contributed by atoms with E-state index < -0.39 is 10.8 Å². The quantitative estimate of drug-likeness (QED) is 0.416. The van der Waals surface area contributed by atoms with E-state index in [2.05, 4.69) is 16.2 Å². The Kier molecular flexibility index (Phi) is 6.09. The topological polar surface area (TPSA) is 106 Å². The molecule has 0 atom stereocenters. The number of anilines is 1. The number of carbonyl (C=O) groups is 1. The van der Waals surface area contributed by atoms with Crippen molar-refractivity contribution in [2.75, 3.05) is 12.5 Å². The first-order valence-electron chi connectivity index (χ1n) is 6.86. The van der Waals surface area contributed by atoms with Crippen LogP contribution in [0.5, 0.6) is 5.75 Å². The smallest absolute Gasteiger partial charge is 0.269 e. The first kappa shape index (κ1) is 18.4. The third-order valence-electron chi connectivity index (χ3n) is 3.03. The van der Waals surface area contributed by atoms with Crippen LogP contribution in [0.3, 0.4) is 0 Å². The molecule has 0 aliphatic rings. The lowest BCUT2D eigenvalue weighted by Crippen LogP contribution is -2.42. The lowest BCUT2D eigenvalue weighted by molar-refractivity contribution is -0.384. The Hall–Kier alpha value is -2.91. The number of benzene rings is 2.